The first-order valence-corrected chi connectivity index (χ1v) is 6.02. The van der Waals surface area contributed by atoms with Gasteiger partial charge in [-0.1, -0.05) is 17.3 Å². The Morgan fingerprint density at radius 1 is 1.39 bits per heavy atom. The van der Waals surface area contributed by atoms with E-state index in [1.54, 1.807) is 0 Å². The number of hydrogen-bond acceptors (Lipinski definition) is 5. The van der Waals surface area contributed by atoms with Gasteiger partial charge in [-0.15, -0.1) is 0 Å². The summed E-state index contributed by atoms with van der Waals surface area (Å²) in [6.45, 7) is 3.41. The number of rotatable bonds is 2. The van der Waals surface area contributed by atoms with Crippen LogP contribution in [-0.2, 0) is 4.74 Å². The smallest absolute Gasteiger partial charge is 0.260 e. The lowest BCUT2D eigenvalue weighted by Crippen LogP contribution is -2.00. The number of nitrogens with zero attached hydrogens (tertiary/aromatic N) is 2. The van der Waals surface area contributed by atoms with Gasteiger partial charge < -0.3 is 15.0 Å². The minimum atomic E-state index is 0.243. The molecule has 2 heterocycles. The topological polar surface area (TPSA) is 74.2 Å². The van der Waals surface area contributed by atoms with Gasteiger partial charge in [0.25, 0.3) is 5.89 Å². The Balaban J connectivity index is 1.97. The van der Waals surface area contributed by atoms with Crippen molar-refractivity contribution in [3.63, 3.8) is 0 Å². The van der Waals surface area contributed by atoms with Crippen LogP contribution in [-0.4, -0.2) is 23.4 Å². The number of nitrogen functional groups attached to an aromatic ring is 1. The maximum atomic E-state index is 5.96. The Hall–Kier alpha value is -1.88. The van der Waals surface area contributed by atoms with Crippen LogP contribution in [0, 0.1) is 6.92 Å². The van der Waals surface area contributed by atoms with Crippen molar-refractivity contribution in [3.05, 3.63) is 29.6 Å². The molecule has 94 valence electrons. The largest absolute Gasteiger partial charge is 0.398 e. The molecule has 1 aliphatic heterocycles. The maximum Gasteiger partial charge on any atom is 0.260 e. The van der Waals surface area contributed by atoms with Crippen molar-refractivity contribution in [1.82, 2.24) is 10.1 Å². The Bertz CT molecular complexity index is 539. The molecule has 3 rings (SSSR count). The maximum absolute atomic E-state index is 5.96. The normalized spacial score (nSPS) is 19.3. The molecule has 0 aliphatic carbocycles. The van der Waals surface area contributed by atoms with E-state index in [1.807, 2.05) is 25.1 Å². The highest BCUT2D eigenvalue weighted by Crippen LogP contribution is 2.30. The lowest BCUT2D eigenvalue weighted by atomic mass is 10.1. The molecule has 0 bridgehead atoms. The van der Waals surface area contributed by atoms with E-state index >= 15 is 0 Å². The zero-order valence-corrected chi connectivity index (χ0v) is 10.2. The summed E-state index contributed by atoms with van der Waals surface area (Å²) in [4.78, 5) is 4.45. The third kappa shape index (κ3) is 1.86. The molecule has 1 atom stereocenters. The van der Waals surface area contributed by atoms with Gasteiger partial charge in [0.05, 0.1) is 12.2 Å². The molecule has 0 spiro atoms. The number of nitrogens with two attached hydrogens (primary N) is 1. The fraction of sp³-hybridized carbons (Fsp3) is 0.385. The Morgan fingerprint density at radius 2 is 2.28 bits per heavy atom. The molecule has 5 nitrogen and oxygen atoms in total. The number of aryl methyl sites for hydroxylation is 1. The van der Waals surface area contributed by atoms with Crippen LogP contribution >= 0.6 is 0 Å². The number of aromatic nitrogens is 2. The van der Waals surface area contributed by atoms with Crippen molar-refractivity contribution in [2.45, 2.75) is 19.3 Å². The van der Waals surface area contributed by atoms with E-state index in [4.69, 9.17) is 15.0 Å². The van der Waals surface area contributed by atoms with E-state index in [0.29, 0.717) is 24.0 Å². The van der Waals surface area contributed by atoms with Crippen molar-refractivity contribution >= 4 is 5.69 Å². The predicted molar refractivity (Wildman–Crippen MR) is 67.1 cm³/mol. The average molecular weight is 245 g/mol. The Kier molecular flexibility index (Phi) is 2.76. The molecule has 0 amide bonds. The molecule has 2 N–H and O–H groups in total. The molecule has 0 saturated carbocycles. The third-order valence-corrected chi connectivity index (χ3v) is 3.26. The van der Waals surface area contributed by atoms with E-state index < -0.39 is 0 Å². The highest BCUT2D eigenvalue weighted by Gasteiger charge is 2.24. The van der Waals surface area contributed by atoms with Crippen molar-refractivity contribution in [3.8, 4) is 11.5 Å². The standard InChI is InChI=1S/C13H15N3O2/c1-8-3-2-4-10(14)11(8)13-15-12(16-18-13)9-5-6-17-7-9/h2-4,9H,5-7,14H2,1H3. The summed E-state index contributed by atoms with van der Waals surface area (Å²) in [7, 11) is 0. The zero-order chi connectivity index (χ0) is 12.5. The van der Waals surface area contributed by atoms with Gasteiger partial charge >= 0.3 is 0 Å². The van der Waals surface area contributed by atoms with Crippen LogP contribution in [0.4, 0.5) is 5.69 Å². The van der Waals surface area contributed by atoms with Crippen molar-refractivity contribution in [2.75, 3.05) is 18.9 Å². The molecule has 2 aromatic rings. The lowest BCUT2D eigenvalue weighted by molar-refractivity contribution is 0.192. The Morgan fingerprint density at radius 3 is 3.00 bits per heavy atom. The summed E-state index contributed by atoms with van der Waals surface area (Å²) < 4.78 is 10.7. The summed E-state index contributed by atoms with van der Waals surface area (Å²) in [5, 5.41) is 4.04. The van der Waals surface area contributed by atoms with Gasteiger partial charge in [0, 0.05) is 18.2 Å². The minimum absolute atomic E-state index is 0.243. The highest BCUT2D eigenvalue weighted by atomic mass is 16.5. The molecular formula is C13H15N3O2. The second kappa shape index (κ2) is 4.42. The second-order valence-electron chi connectivity index (χ2n) is 4.56. The summed E-state index contributed by atoms with van der Waals surface area (Å²) in [5.41, 5.74) is 8.49. The first kappa shape index (κ1) is 11.2. The SMILES string of the molecule is Cc1cccc(N)c1-c1nc(C2CCOC2)no1. The van der Waals surface area contributed by atoms with Crippen molar-refractivity contribution < 1.29 is 9.26 Å². The summed E-state index contributed by atoms with van der Waals surface area (Å²) in [6, 6.07) is 5.73. The van der Waals surface area contributed by atoms with Gasteiger partial charge in [-0.25, -0.2) is 0 Å². The number of anilines is 1. The molecule has 0 radical (unpaired) electrons. The monoisotopic (exact) mass is 245 g/mol. The lowest BCUT2D eigenvalue weighted by Gasteiger charge is -2.03. The summed E-state index contributed by atoms with van der Waals surface area (Å²) >= 11 is 0. The van der Waals surface area contributed by atoms with Gasteiger partial charge in [0.2, 0.25) is 0 Å². The van der Waals surface area contributed by atoms with Crippen LogP contribution in [0.5, 0.6) is 0 Å². The number of ether oxygens (including phenoxy) is 1. The highest BCUT2D eigenvalue weighted by molar-refractivity contribution is 5.73. The van der Waals surface area contributed by atoms with Crippen LogP contribution in [0.15, 0.2) is 22.7 Å². The molecule has 1 fully saturated rings. The molecule has 1 saturated heterocycles. The molecule has 18 heavy (non-hydrogen) atoms. The first-order chi connectivity index (χ1) is 8.75. The van der Waals surface area contributed by atoms with Gasteiger partial charge in [-0.05, 0) is 25.0 Å². The van der Waals surface area contributed by atoms with Crippen LogP contribution in [0.2, 0.25) is 0 Å². The van der Waals surface area contributed by atoms with E-state index in [2.05, 4.69) is 10.1 Å². The average Bonchev–Trinajstić information content (AvgIpc) is 2.99. The van der Waals surface area contributed by atoms with E-state index in [9.17, 15) is 0 Å². The molecule has 1 unspecified atom stereocenters. The van der Waals surface area contributed by atoms with Gasteiger partial charge in [-0.2, -0.15) is 4.98 Å². The molecule has 1 aliphatic rings. The Labute approximate surface area is 105 Å². The second-order valence-corrected chi connectivity index (χ2v) is 4.56. The fourth-order valence-electron chi connectivity index (χ4n) is 2.22. The fourth-order valence-corrected chi connectivity index (χ4v) is 2.22. The zero-order valence-electron chi connectivity index (χ0n) is 10.2. The molecular weight excluding hydrogens is 230 g/mol. The van der Waals surface area contributed by atoms with E-state index in [1.165, 1.54) is 0 Å². The van der Waals surface area contributed by atoms with Crippen LogP contribution < -0.4 is 5.73 Å². The molecule has 1 aromatic heterocycles. The van der Waals surface area contributed by atoms with Gasteiger partial charge in [0.15, 0.2) is 5.82 Å². The third-order valence-electron chi connectivity index (χ3n) is 3.26. The number of benzene rings is 1. The summed E-state index contributed by atoms with van der Waals surface area (Å²) in [6.07, 6.45) is 0.947. The minimum Gasteiger partial charge on any atom is -0.398 e. The van der Waals surface area contributed by atoms with Crippen LogP contribution in [0.25, 0.3) is 11.5 Å². The van der Waals surface area contributed by atoms with Crippen molar-refractivity contribution in [2.24, 2.45) is 0 Å². The van der Waals surface area contributed by atoms with Gasteiger partial charge in [-0.3, -0.25) is 0 Å². The van der Waals surface area contributed by atoms with Gasteiger partial charge in [0.1, 0.15) is 0 Å². The van der Waals surface area contributed by atoms with Crippen LogP contribution in [0.1, 0.15) is 23.7 Å². The summed E-state index contributed by atoms with van der Waals surface area (Å²) in [5.74, 6) is 1.45. The molecule has 5 heteroatoms. The quantitative estimate of drug-likeness (QED) is 0.820. The first-order valence-electron chi connectivity index (χ1n) is 6.02. The predicted octanol–water partition coefficient (Wildman–Crippen LogP) is 2.13. The number of hydrogen-bond donors (Lipinski definition) is 1. The molecule has 1 aromatic carbocycles. The van der Waals surface area contributed by atoms with E-state index in [-0.39, 0.29) is 5.92 Å². The van der Waals surface area contributed by atoms with Crippen molar-refractivity contribution in [1.29, 1.82) is 0 Å². The van der Waals surface area contributed by atoms with E-state index in [0.717, 1.165) is 24.2 Å². The van der Waals surface area contributed by atoms with Crippen LogP contribution in [0.3, 0.4) is 0 Å².